The SMILES string of the molecule is N#CCCCc1cccnc1. The first-order valence-electron chi connectivity index (χ1n) is 3.69. The molecule has 0 aliphatic carbocycles. The Morgan fingerprint density at radius 3 is 3.09 bits per heavy atom. The Labute approximate surface area is 66.5 Å². The Morgan fingerprint density at radius 2 is 2.45 bits per heavy atom. The molecule has 0 amide bonds. The standard InChI is InChI=1S/C9H10N2/c10-6-2-1-4-9-5-3-7-11-8-9/h3,5,7-8H,1-2,4H2. The van der Waals surface area contributed by atoms with Crippen LogP contribution in [0.5, 0.6) is 0 Å². The Balaban J connectivity index is 2.35. The third kappa shape index (κ3) is 2.81. The first-order valence-corrected chi connectivity index (χ1v) is 3.69. The van der Waals surface area contributed by atoms with Crippen LogP contribution in [-0.4, -0.2) is 4.98 Å². The molecule has 56 valence electrons. The topological polar surface area (TPSA) is 36.7 Å². The highest BCUT2D eigenvalue weighted by molar-refractivity contribution is 5.08. The minimum Gasteiger partial charge on any atom is -0.264 e. The van der Waals surface area contributed by atoms with Crippen LogP contribution >= 0.6 is 0 Å². The molecule has 1 aromatic rings. The van der Waals surface area contributed by atoms with Crippen molar-refractivity contribution in [2.75, 3.05) is 0 Å². The first-order chi connectivity index (χ1) is 5.43. The van der Waals surface area contributed by atoms with Gasteiger partial charge in [-0.2, -0.15) is 5.26 Å². The van der Waals surface area contributed by atoms with Gasteiger partial charge >= 0.3 is 0 Å². The molecule has 0 N–H and O–H groups in total. The zero-order valence-electron chi connectivity index (χ0n) is 6.33. The smallest absolute Gasteiger partial charge is 0.0621 e. The van der Waals surface area contributed by atoms with Gasteiger partial charge in [-0.1, -0.05) is 6.07 Å². The molecule has 0 aliphatic rings. The Kier molecular flexibility index (Phi) is 3.14. The highest BCUT2D eigenvalue weighted by Crippen LogP contribution is 2.01. The van der Waals surface area contributed by atoms with Crippen molar-refractivity contribution in [3.05, 3.63) is 30.1 Å². The first kappa shape index (κ1) is 7.74. The van der Waals surface area contributed by atoms with Crippen LogP contribution in [0.15, 0.2) is 24.5 Å². The van der Waals surface area contributed by atoms with E-state index in [9.17, 15) is 0 Å². The van der Waals surface area contributed by atoms with Crippen LogP contribution in [0.4, 0.5) is 0 Å². The number of hydrogen-bond acceptors (Lipinski definition) is 2. The van der Waals surface area contributed by atoms with Gasteiger partial charge in [0.05, 0.1) is 6.07 Å². The van der Waals surface area contributed by atoms with Gasteiger partial charge < -0.3 is 0 Å². The van der Waals surface area contributed by atoms with Crippen molar-refractivity contribution in [1.82, 2.24) is 4.98 Å². The maximum absolute atomic E-state index is 8.28. The second kappa shape index (κ2) is 4.45. The molecule has 0 aliphatic heterocycles. The fourth-order valence-corrected chi connectivity index (χ4v) is 0.918. The third-order valence-electron chi connectivity index (χ3n) is 1.48. The highest BCUT2D eigenvalue weighted by Gasteiger charge is 1.90. The summed E-state index contributed by atoms with van der Waals surface area (Å²) in [7, 11) is 0. The van der Waals surface area contributed by atoms with Crippen LogP contribution in [0.1, 0.15) is 18.4 Å². The van der Waals surface area contributed by atoms with Gasteiger partial charge in [-0.25, -0.2) is 0 Å². The molecule has 0 spiro atoms. The zero-order chi connectivity index (χ0) is 7.94. The summed E-state index contributed by atoms with van der Waals surface area (Å²) in [6.45, 7) is 0. The van der Waals surface area contributed by atoms with Crippen LogP contribution in [0.25, 0.3) is 0 Å². The minimum atomic E-state index is 0.634. The summed E-state index contributed by atoms with van der Waals surface area (Å²) in [5, 5.41) is 8.28. The largest absolute Gasteiger partial charge is 0.264 e. The molecule has 2 heteroatoms. The van der Waals surface area contributed by atoms with Crippen molar-refractivity contribution in [3.63, 3.8) is 0 Å². The fraction of sp³-hybridized carbons (Fsp3) is 0.333. The number of unbranched alkanes of at least 4 members (excludes halogenated alkanes) is 1. The molecule has 0 saturated heterocycles. The monoisotopic (exact) mass is 146 g/mol. The van der Waals surface area contributed by atoms with Crippen molar-refractivity contribution >= 4 is 0 Å². The molecule has 1 heterocycles. The number of rotatable bonds is 3. The molecule has 0 saturated carbocycles. The Hall–Kier alpha value is -1.36. The third-order valence-corrected chi connectivity index (χ3v) is 1.48. The number of aromatic nitrogens is 1. The second-order valence-corrected chi connectivity index (χ2v) is 2.37. The Morgan fingerprint density at radius 1 is 1.55 bits per heavy atom. The van der Waals surface area contributed by atoms with Crippen LogP contribution in [0.2, 0.25) is 0 Å². The van der Waals surface area contributed by atoms with Gasteiger partial charge in [0.25, 0.3) is 0 Å². The summed E-state index contributed by atoms with van der Waals surface area (Å²) >= 11 is 0. The summed E-state index contributed by atoms with van der Waals surface area (Å²) in [6, 6.07) is 6.07. The number of pyridine rings is 1. The average Bonchev–Trinajstić information content (AvgIpc) is 2.07. The fourth-order valence-electron chi connectivity index (χ4n) is 0.918. The second-order valence-electron chi connectivity index (χ2n) is 2.37. The van der Waals surface area contributed by atoms with Crippen molar-refractivity contribution in [2.45, 2.75) is 19.3 Å². The van der Waals surface area contributed by atoms with Gasteiger partial charge in [0.1, 0.15) is 0 Å². The van der Waals surface area contributed by atoms with Gasteiger partial charge in [0.2, 0.25) is 0 Å². The lowest BCUT2D eigenvalue weighted by Gasteiger charge is -1.94. The van der Waals surface area contributed by atoms with E-state index in [0.717, 1.165) is 12.8 Å². The molecule has 0 aromatic carbocycles. The van der Waals surface area contributed by atoms with E-state index in [1.165, 1.54) is 5.56 Å². The van der Waals surface area contributed by atoms with Crippen LogP contribution in [-0.2, 0) is 6.42 Å². The predicted molar refractivity (Wildman–Crippen MR) is 42.8 cm³/mol. The van der Waals surface area contributed by atoms with Crippen LogP contribution in [0, 0.1) is 11.3 Å². The molecule has 0 radical (unpaired) electrons. The lowest BCUT2D eigenvalue weighted by atomic mass is 10.1. The maximum atomic E-state index is 8.28. The lowest BCUT2D eigenvalue weighted by molar-refractivity contribution is 0.846. The van der Waals surface area contributed by atoms with E-state index in [4.69, 9.17) is 5.26 Å². The average molecular weight is 146 g/mol. The van der Waals surface area contributed by atoms with Gasteiger partial charge in [-0.15, -0.1) is 0 Å². The van der Waals surface area contributed by atoms with Crippen LogP contribution in [0.3, 0.4) is 0 Å². The van der Waals surface area contributed by atoms with E-state index >= 15 is 0 Å². The zero-order valence-corrected chi connectivity index (χ0v) is 6.33. The van der Waals surface area contributed by atoms with Gasteiger partial charge in [-0.3, -0.25) is 4.98 Å². The molecule has 1 aromatic heterocycles. The van der Waals surface area contributed by atoms with Crippen molar-refractivity contribution < 1.29 is 0 Å². The molecule has 0 fully saturated rings. The molecular formula is C9H10N2. The van der Waals surface area contributed by atoms with E-state index < -0.39 is 0 Å². The van der Waals surface area contributed by atoms with E-state index in [2.05, 4.69) is 11.1 Å². The number of nitriles is 1. The summed E-state index contributed by atoms with van der Waals surface area (Å²) < 4.78 is 0. The van der Waals surface area contributed by atoms with Crippen molar-refractivity contribution in [2.24, 2.45) is 0 Å². The normalized spacial score (nSPS) is 9.00. The van der Waals surface area contributed by atoms with Gasteiger partial charge in [-0.05, 0) is 24.5 Å². The van der Waals surface area contributed by atoms with E-state index in [-0.39, 0.29) is 0 Å². The highest BCUT2D eigenvalue weighted by atomic mass is 14.6. The summed E-state index contributed by atoms with van der Waals surface area (Å²) in [6.07, 6.45) is 6.13. The van der Waals surface area contributed by atoms with E-state index in [1.54, 1.807) is 6.20 Å². The maximum Gasteiger partial charge on any atom is 0.0621 e. The Bertz CT molecular complexity index is 235. The van der Waals surface area contributed by atoms with Gasteiger partial charge in [0.15, 0.2) is 0 Å². The van der Waals surface area contributed by atoms with E-state index in [0.29, 0.717) is 6.42 Å². The number of hydrogen-bond donors (Lipinski definition) is 0. The van der Waals surface area contributed by atoms with Gasteiger partial charge in [0, 0.05) is 18.8 Å². The number of nitrogens with zero attached hydrogens (tertiary/aromatic N) is 2. The van der Waals surface area contributed by atoms with Crippen molar-refractivity contribution in [1.29, 1.82) is 5.26 Å². The summed E-state index contributed by atoms with van der Waals surface area (Å²) in [5.41, 5.74) is 1.21. The lowest BCUT2D eigenvalue weighted by Crippen LogP contribution is -1.84. The van der Waals surface area contributed by atoms with E-state index in [1.807, 2.05) is 18.3 Å². The summed E-state index contributed by atoms with van der Waals surface area (Å²) in [4.78, 5) is 3.98. The molecule has 2 nitrogen and oxygen atoms in total. The molecule has 0 atom stereocenters. The predicted octanol–water partition coefficient (Wildman–Crippen LogP) is 1.93. The summed E-state index contributed by atoms with van der Waals surface area (Å²) in [5.74, 6) is 0. The molecule has 1 rings (SSSR count). The van der Waals surface area contributed by atoms with Crippen molar-refractivity contribution in [3.8, 4) is 6.07 Å². The molecular weight excluding hydrogens is 136 g/mol. The minimum absolute atomic E-state index is 0.634. The molecule has 11 heavy (non-hydrogen) atoms. The molecule has 0 unspecified atom stereocenters. The molecule has 0 bridgehead atoms. The quantitative estimate of drug-likeness (QED) is 0.611. The van der Waals surface area contributed by atoms with Crippen LogP contribution < -0.4 is 0 Å². The number of aryl methyl sites for hydroxylation is 1.